The second-order valence-corrected chi connectivity index (χ2v) is 9.33. The molecule has 0 bridgehead atoms. The Morgan fingerprint density at radius 3 is 2.67 bits per heavy atom. The van der Waals surface area contributed by atoms with E-state index in [1.54, 1.807) is 0 Å². The van der Waals surface area contributed by atoms with Gasteiger partial charge in [0.1, 0.15) is 11.6 Å². The first-order chi connectivity index (χ1) is 14.5. The summed E-state index contributed by atoms with van der Waals surface area (Å²) in [5.41, 5.74) is 7.50. The van der Waals surface area contributed by atoms with E-state index in [9.17, 15) is 9.59 Å². The molecule has 2 aliphatic heterocycles. The molecule has 1 aromatic rings. The first-order valence-corrected chi connectivity index (χ1v) is 11.7. The van der Waals surface area contributed by atoms with E-state index in [0.29, 0.717) is 25.3 Å². The van der Waals surface area contributed by atoms with E-state index in [1.165, 1.54) is 32.1 Å². The third kappa shape index (κ3) is 4.82. The normalized spacial score (nSPS) is 23.4. The highest BCUT2D eigenvalue weighted by atomic mass is 16.2. The van der Waals surface area contributed by atoms with Crippen molar-refractivity contribution in [2.24, 2.45) is 11.7 Å². The van der Waals surface area contributed by atoms with E-state index in [1.807, 2.05) is 4.90 Å². The number of likely N-dealkylation sites (tertiary alicyclic amines) is 1. The maximum absolute atomic E-state index is 12.8. The summed E-state index contributed by atoms with van der Waals surface area (Å²) in [6.07, 6.45) is 10.1. The van der Waals surface area contributed by atoms with Crippen molar-refractivity contribution >= 4 is 17.6 Å². The SMILES string of the molecule is Cc1nc(C2CCCN(CCC(N)=O)C2)nc2c1CCC(=O)N2CC1CCCCC1. The molecule has 1 aromatic heterocycles. The third-order valence-corrected chi connectivity index (χ3v) is 7.07. The number of piperidine rings is 1. The van der Waals surface area contributed by atoms with Crippen LogP contribution in [0.3, 0.4) is 0 Å². The smallest absolute Gasteiger partial charge is 0.228 e. The number of anilines is 1. The number of aryl methyl sites for hydroxylation is 1. The fourth-order valence-corrected chi connectivity index (χ4v) is 5.34. The zero-order valence-electron chi connectivity index (χ0n) is 18.2. The Morgan fingerprint density at radius 2 is 1.90 bits per heavy atom. The molecule has 1 saturated heterocycles. The number of hydrogen-bond acceptors (Lipinski definition) is 5. The Balaban J connectivity index is 1.55. The Labute approximate surface area is 179 Å². The van der Waals surface area contributed by atoms with E-state index in [-0.39, 0.29) is 17.7 Å². The van der Waals surface area contributed by atoms with Crippen LogP contribution >= 0.6 is 0 Å². The zero-order valence-corrected chi connectivity index (χ0v) is 18.2. The van der Waals surface area contributed by atoms with Gasteiger partial charge in [0.2, 0.25) is 11.8 Å². The topological polar surface area (TPSA) is 92.4 Å². The number of nitrogens with zero attached hydrogens (tertiary/aromatic N) is 4. The zero-order chi connectivity index (χ0) is 21.1. The van der Waals surface area contributed by atoms with Gasteiger partial charge in [0.25, 0.3) is 0 Å². The minimum Gasteiger partial charge on any atom is -0.370 e. The molecule has 1 aliphatic carbocycles. The monoisotopic (exact) mass is 413 g/mol. The molecular formula is C23H35N5O2. The minimum absolute atomic E-state index is 0.212. The molecule has 2 N–H and O–H groups in total. The number of nitrogens with two attached hydrogens (primary N) is 1. The van der Waals surface area contributed by atoms with Gasteiger partial charge in [0.15, 0.2) is 0 Å². The molecule has 30 heavy (non-hydrogen) atoms. The predicted octanol–water partition coefficient (Wildman–Crippen LogP) is 2.70. The summed E-state index contributed by atoms with van der Waals surface area (Å²) in [6, 6.07) is 0. The van der Waals surface area contributed by atoms with E-state index in [4.69, 9.17) is 15.7 Å². The number of fused-ring (bicyclic) bond motifs is 1. The van der Waals surface area contributed by atoms with Crippen molar-refractivity contribution in [2.45, 2.75) is 77.0 Å². The molecular weight excluding hydrogens is 378 g/mol. The molecule has 0 spiro atoms. The summed E-state index contributed by atoms with van der Waals surface area (Å²) in [7, 11) is 0. The molecule has 4 rings (SSSR count). The second kappa shape index (κ2) is 9.41. The molecule has 0 aromatic carbocycles. The van der Waals surface area contributed by atoms with Crippen LogP contribution in [0.5, 0.6) is 0 Å². The molecule has 3 heterocycles. The molecule has 1 atom stereocenters. The highest BCUT2D eigenvalue weighted by Gasteiger charge is 2.32. The lowest BCUT2D eigenvalue weighted by Crippen LogP contribution is -2.41. The average Bonchev–Trinajstić information content (AvgIpc) is 2.75. The van der Waals surface area contributed by atoms with Crippen LogP contribution in [-0.2, 0) is 16.0 Å². The highest BCUT2D eigenvalue weighted by molar-refractivity contribution is 5.95. The molecule has 7 nitrogen and oxygen atoms in total. The number of hydrogen-bond donors (Lipinski definition) is 1. The molecule has 7 heteroatoms. The van der Waals surface area contributed by atoms with Crippen molar-refractivity contribution in [3.63, 3.8) is 0 Å². The van der Waals surface area contributed by atoms with Gasteiger partial charge in [0.05, 0.1) is 0 Å². The summed E-state index contributed by atoms with van der Waals surface area (Å²) < 4.78 is 0. The fraction of sp³-hybridized carbons (Fsp3) is 0.739. The van der Waals surface area contributed by atoms with Crippen LogP contribution in [0, 0.1) is 12.8 Å². The summed E-state index contributed by atoms with van der Waals surface area (Å²) in [5, 5.41) is 0. The summed E-state index contributed by atoms with van der Waals surface area (Å²) in [6.45, 7) is 5.40. The minimum atomic E-state index is -0.255. The van der Waals surface area contributed by atoms with E-state index in [2.05, 4.69) is 11.8 Å². The summed E-state index contributed by atoms with van der Waals surface area (Å²) >= 11 is 0. The molecule has 1 saturated carbocycles. The number of aromatic nitrogens is 2. The van der Waals surface area contributed by atoms with Crippen LogP contribution in [0.15, 0.2) is 0 Å². The van der Waals surface area contributed by atoms with E-state index < -0.39 is 0 Å². The Morgan fingerprint density at radius 1 is 1.10 bits per heavy atom. The highest BCUT2D eigenvalue weighted by Crippen LogP contribution is 2.34. The Bertz CT molecular complexity index is 790. The second-order valence-electron chi connectivity index (χ2n) is 9.33. The van der Waals surface area contributed by atoms with E-state index >= 15 is 0 Å². The summed E-state index contributed by atoms with van der Waals surface area (Å²) in [5.74, 6) is 2.51. The van der Waals surface area contributed by atoms with Gasteiger partial charge in [-0.15, -0.1) is 0 Å². The van der Waals surface area contributed by atoms with Gasteiger partial charge in [-0.2, -0.15) is 0 Å². The van der Waals surface area contributed by atoms with Crippen molar-refractivity contribution in [3.8, 4) is 0 Å². The lowest BCUT2D eigenvalue weighted by atomic mass is 9.88. The Hall–Kier alpha value is -2.02. The number of carbonyl (C=O) groups is 2. The number of rotatable bonds is 6. The number of carbonyl (C=O) groups excluding carboxylic acids is 2. The van der Waals surface area contributed by atoms with Gasteiger partial charge in [-0.1, -0.05) is 19.3 Å². The van der Waals surface area contributed by atoms with Gasteiger partial charge < -0.3 is 10.6 Å². The average molecular weight is 414 g/mol. The van der Waals surface area contributed by atoms with Gasteiger partial charge in [0, 0.05) is 49.7 Å². The van der Waals surface area contributed by atoms with Crippen molar-refractivity contribution in [1.29, 1.82) is 0 Å². The van der Waals surface area contributed by atoms with Gasteiger partial charge in [-0.25, -0.2) is 9.97 Å². The first-order valence-electron chi connectivity index (χ1n) is 11.7. The summed E-state index contributed by atoms with van der Waals surface area (Å²) in [4.78, 5) is 38.2. The maximum atomic E-state index is 12.8. The van der Waals surface area contributed by atoms with Crippen LogP contribution in [0.25, 0.3) is 0 Å². The largest absolute Gasteiger partial charge is 0.370 e. The quantitative estimate of drug-likeness (QED) is 0.774. The van der Waals surface area contributed by atoms with Crippen LogP contribution < -0.4 is 10.6 Å². The molecule has 3 aliphatic rings. The number of primary amides is 1. The van der Waals surface area contributed by atoms with Gasteiger partial charge in [-0.05, 0) is 51.5 Å². The van der Waals surface area contributed by atoms with Crippen LogP contribution in [0.2, 0.25) is 0 Å². The van der Waals surface area contributed by atoms with Crippen molar-refractivity contribution in [3.05, 3.63) is 17.1 Å². The molecule has 1 unspecified atom stereocenters. The predicted molar refractivity (Wildman–Crippen MR) is 116 cm³/mol. The van der Waals surface area contributed by atoms with Crippen LogP contribution in [-0.4, -0.2) is 52.9 Å². The maximum Gasteiger partial charge on any atom is 0.228 e. The molecule has 0 radical (unpaired) electrons. The first kappa shape index (κ1) is 21.2. The fourth-order valence-electron chi connectivity index (χ4n) is 5.34. The lowest BCUT2D eigenvalue weighted by Gasteiger charge is -2.35. The molecule has 2 amide bonds. The van der Waals surface area contributed by atoms with Crippen molar-refractivity contribution in [2.75, 3.05) is 31.1 Å². The van der Waals surface area contributed by atoms with Crippen LogP contribution in [0.1, 0.15) is 80.8 Å². The number of amides is 2. The van der Waals surface area contributed by atoms with E-state index in [0.717, 1.165) is 61.8 Å². The van der Waals surface area contributed by atoms with Gasteiger partial charge >= 0.3 is 0 Å². The van der Waals surface area contributed by atoms with Gasteiger partial charge in [-0.3, -0.25) is 14.5 Å². The standard InChI is InChI=1S/C23H35N5O2/c1-16-19-9-10-21(30)28(14-17-6-3-2-4-7-17)23(19)26-22(25-16)18-8-5-12-27(15-18)13-11-20(24)29/h17-18H,2-15H2,1H3,(H2,24,29). The van der Waals surface area contributed by atoms with Crippen molar-refractivity contribution in [1.82, 2.24) is 14.9 Å². The third-order valence-electron chi connectivity index (χ3n) is 7.07. The Kier molecular flexibility index (Phi) is 6.66. The lowest BCUT2D eigenvalue weighted by molar-refractivity contribution is -0.119. The molecule has 164 valence electrons. The van der Waals surface area contributed by atoms with Crippen LogP contribution in [0.4, 0.5) is 5.82 Å². The molecule has 2 fully saturated rings. The van der Waals surface area contributed by atoms with Crippen molar-refractivity contribution < 1.29 is 9.59 Å².